The summed E-state index contributed by atoms with van der Waals surface area (Å²) in [5.74, 6) is -0.207. The van der Waals surface area contributed by atoms with E-state index in [-0.39, 0.29) is 36.4 Å². The van der Waals surface area contributed by atoms with Crippen molar-refractivity contribution >= 4 is 41.0 Å². The summed E-state index contributed by atoms with van der Waals surface area (Å²) in [5.41, 5.74) is 0.895. The molecule has 3 amide bonds. The van der Waals surface area contributed by atoms with Gasteiger partial charge in [0.15, 0.2) is 0 Å². The van der Waals surface area contributed by atoms with Crippen molar-refractivity contribution in [3.05, 3.63) is 131 Å². The molecule has 0 spiro atoms. The zero-order chi connectivity index (χ0) is 40.1. The summed E-state index contributed by atoms with van der Waals surface area (Å²) in [6.45, 7) is 0.123. The Morgan fingerprint density at radius 1 is 0.750 bits per heavy atom. The van der Waals surface area contributed by atoms with Crippen LogP contribution >= 0.6 is 23.4 Å². The van der Waals surface area contributed by atoms with Gasteiger partial charge in [-0.05, 0) is 66.4 Å². The molecule has 5 aromatic rings. The van der Waals surface area contributed by atoms with Gasteiger partial charge in [-0.1, -0.05) is 61.2 Å². The smallest absolute Gasteiger partial charge is 0.352 e. The van der Waals surface area contributed by atoms with Crippen LogP contribution < -0.4 is 16.0 Å². The molecule has 4 heterocycles. The number of amides is 3. The third-order valence-corrected chi connectivity index (χ3v) is 9.97. The lowest BCUT2D eigenvalue weighted by atomic mass is 10.0. The fraction of sp³-hybridized carbons (Fsp3) is 0.282. The van der Waals surface area contributed by atoms with Crippen LogP contribution in [0.3, 0.4) is 0 Å². The number of nitrogens with zero attached hydrogens (tertiary/aromatic N) is 4. The predicted molar refractivity (Wildman–Crippen MR) is 202 cm³/mol. The van der Waals surface area contributed by atoms with Gasteiger partial charge in [0, 0.05) is 53.1 Å². The van der Waals surface area contributed by atoms with Gasteiger partial charge in [0.05, 0.1) is 24.0 Å². The highest BCUT2D eigenvalue weighted by Crippen LogP contribution is 2.37. The molecule has 0 radical (unpaired) electrons. The van der Waals surface area contributed by atoms with Crippen LogP contribution in [0.2, 0.25) is 5.02 Å². The number of anilines is 1. The number of hydrogen-bond donors (Lipinski definition) is 3. The van der Waals surface area contributed by atoms with Crippen molar-refractivity contribution in [3.63, 3.8) is 0 Å². The minimum absolute atomic E-state index is 0.0287. The highest BCUT2D eigenvalue weighted by molar-refractivity contribution is 7.99. The lowest BCUT2D eigenvalue weighted by molar-refractivity contribution is -0.142. The summed E-state index contributed by atoms with van der Waals surface area (Å²) in [6, 6.07) is 17.3. The predicted octanol–water partition coefficient (Wildman–Crippen LogP) is 9.92. The van der Waals surface area contributed by atoms with Crippen molar-refractivity contribution in [1.82, 2.24) is 30.6 Å². The number of benzene rings is 1. The first kappa shape index (κ1) is 41.9. The highest BCUT2D eigenvalue weighted by atomic mass is 35.5. The van der Waals surface area contributed by atoms with Gasteiger partial charge in [-0.25, -0.2) is 14.8 Å². The number of urea groups is 1. The van der Waals surface area contributed by atoms with Gasteiger partial charge in [0.25, 0.3) is 0 Å². The fourth-order valence-corrected chi connectivity index (χ4v) is 7.13. The normalized spacial score (nSPS) is 13.3. The van der Waals surface area contributed by atoms with E-state index in [4.69, 9.17) is 11.6 Å². The minimum atomic E-state index is -4.59. The molecule has 294 valence electrons. The zero-order valence-corrected chi connectivity index (χ0v) is 31.2. The second kappa shape index (κ2) is 19.6. The van der Waals surface area contributed by atoms with Crippen LogP contribution in [0.5, 0.6) is 0 Å². The van der Waals surface area contributed by atoms with Crippen LogP contribution in [0.15, 0.2) is 103 Å². The average Bonchev–Trinajstić information content (AvgIpc) is 3.17. The molecule has 0 bridgehead atoms. The molecule has 0 aliphatic heterocycles. The molecular formula is C39H36ClF6N7O2S. The third-order valence-electron chi connectivity index (χ3n) is 8.35. The van der Waals surface area contributed by atoms with Gasteiger partial charge in [-0.2, -0.15) is 26.3 Å². The van der Waals surface area contributed by atoms with Gasteiger partial charge < -0.3 is 16.0 Å². The molecule has 17 heteroatoms. The number of carbonyl (C=O) groups excluding carboxylic acids is 2. The molecule has 0 atom stereocenters. The van der Waals surface area contributed by atoms with E-state index in [0.29, 0.717) is 32.4 Å². The summed E-state index contributed by atoms with van der Waals surface area (Å²) >= 11 is 7.36. The molecule has 1 aliphatic rings. The van der Waals surface area contributed by atoms with E-state index in [1.54, 1.807) is 61.1 Å². The van der Waals surface area contributed by atoms with E-state index in [2.05, 4.69) is 35.9 Å². The Morgan fingerprint density at radius 2 is 1.41 bits per heavy atom. The lowest BCUT2D eigenvalue weighted by Gasteiger charge is -2.22. The van der Waals surface area contributed by atoms with E-state index in [1.807, 2.05) is 0 Å². The number of halogens is 7. The molecule has 9 nitrogen and oxygen atoms in total. The maximum Gasteiger partial charge on any atom is 0.433 e. The maximum absolute atomic E-state index is 13.1. The van der Waals surface area contributed by atoms with Crippen molar-refractivity contribution < 1.29 is 35.9 Å². The van der Waals surface area contributed by atoms with Crippen molar-refractivity contribution in [3.8, 4) is 11.3 Å². The van der Waals surface area contributed by atoms with E-state index < -0.39 is 29.8 Å². The third kappa shape index (κ3) is 12.9. The molecule has 0 unspecified atom stereocenters. The minimum Gasteiger partial charge on any atom is -0.352 e. The molecule has 3 N–H and O–H groups in total. The Morgan fingerprint density at radius 3 is 2.05 bits per heavy atom. The first-order valence-corrected chi connectivity index (χ1v) is 18.7. The van der Waals surface area contributed by atoms with E-state index in [1.165, 1.54) is 42.6 Å². The average molecular weight is 816 g/mol. The Kier molecular flexibility index (Phi) is 14.7. The van der Waals surface area contributed by atoms with Crippen molar-refractivity contribution in [2.75, 3.05) is 5.32 Å². The Hall–Kier alpha value is -5.22. The molecule has 1 aromatic carbocycles. The number of carbonyl (C=O) groups is 2. The number of aromatic nitrogens is 4. The lowest BCUT2D eigenvalue weighted by Crippen LogP contribution is -2.28. The molecule has 56 heavy (non-hydrogen) atoms. The van der Waals surface area contributed by atoms with Crippen LogP contribution in [0.4, 0.5) is 36.8 Å². The van der Waals surface area contributed by atoms with Crippen molar-refractivity contribution in [2.24, 2.45) is 0 Å². The fourth-order valence-electron chi connectivity index (χ4n) is 5.61. The zero-order valence-electron chi connectivity index (χ0n) is 29.6. The summed E-state index contributed by atoms with van der Waals surface area (Å²) in [7, 11) is 0. The van der Waals surface area contributed by atoms with Gasteiger partial charge in [-0.15, -0.1) is 11.8 Å². The standard InChI is InChI=1S/C20H22F3N3OS.C19H14ClF3N4O/c21-20(22,23)17-9-8-15(19(26-17)28-16-6-2-1-3-7-16)13-25-18(27)11-14-5-4-10-24-12-14;20-14-4-1-3-12(9-14)17-13(6-7-16(27-17)19(21,22)23)10-25-18(28)26-15-5-2-8-24-11-15/h4-5,8-10,12,16H,1-3,6-7,11,13H2,(H,25,27);1-9,11H,10H2,(H2,25,26,28). The van der Waals surface area contributed by atoms with Crippen LogP contribution in [0, 0.1) is 0 Å². The number of nitrogens with one attached hydrogen (secondary N) is 3. The molecule has 1 fully saturated rings. The molecule has 4 aromatic heterocycles. The molecule has 1 saturated carbocycles. The topological polar surface area (TPSA) is 122 Å². The maximum atomic E-state index is 13.1. The van der Waals surface area contributed by atoms with E-state index >= 15 is 0 Å². The summed E-state index contributed by atoms with van der Waals surface area (Å²) in [4.78, 5) is 39.7. The monoisotopic (exact) mass is 815 g/mol. The second-order valence-corrected chi connectivity index (χ2v) is 14.3. The van der Waals surface area contributed by atoms with Crippen LogP contribution in [0.25, 0.3) is 11.3 Å². The van der Waals surface area contributed by atoms with Crippen molar-refractivity contribution in [1.29, 1.82) is 0 Å². The summed E-state index contributed by atoms with van der Waals surface area (Å²) in [6.07, 6.45) is 2.70. The number of rotatable bonds is 10. The van der Waals surface area contributed by atoms with E-state index in [0.717, 1.165) is 43.4 Å². The number of hydrogen-bond acceptors (Lipinski definition) is 7. The van der Waals surface area contributed by atoms with E-state index in [9.17, 15) is 35.9 Å². The first-order chi connectivity index (χ1) is 26.7. The molecule has 0 saturated heterocycles. The molecular weight excluding hydrogens is 780 g/mol. The quantitative estimate of drug-likeness (QED) is 0.120. The second-order valence-electron chi connectivity index (χ2n) is 12.6. The summed E-state index contributed by atoms with van der Waals surface area (Å²) in [5, 5.41) is 8.97. The Bertz CT molecular complexity index is 2070. The first-order valence-electron chi connectivity index (χ1n) is 17.4. The molecule has 6 rings (SSSR count). The number of alkyl halides is 6. The van der Waals surface area contributed by atoms with Crippen molar-refractivity contribution in [2.45, 2.75) is 74.2 Å². The summed E-state index contributed by atoms with van der Waals surface area (Å²) < 4.78 is 78.5. The number of thioether (sulfide) groups is 1. The van der Waals surface area contributed by atoms with Gasteiger partial charge in [0.2, 0.25) is 5.91 Å². The Labute approximate surface area is 328 Å². The van der Waals surface area contributed by atoms with Crippen LogP contribution in [0.1, 0.15) is 60.2 Å². The molecule has 1 aliphatic carbocycles. The van der Waals surface area contributed by atoms with Gasteiger partial charge >= 0.3 is 18.4 Å². The van der Waals surface area contributed by atoms with Crippen LogP contribution in [-0.2, 0) is 36.7 Å². The van der Waals surface area contributed by atoms with Gasteiger partial charge in [0.1, 0.15) is 16.4 Å². The number of pyridine rings is 4. The Balaban J connectivity index is 0.000000214. The largest absolute Gasteiger partial charge is 0.433 e. The SMILES string of the molecule is O=C(Cc1cccnc1)NCc1ccc(C(F)(F)F)nc1SC1CCCCC1.O=C(NCc1ccc(C(F)(F)F)nc1-c1cccc(Cl)c1)Nc1cccnc1. The highest BCUT2D eigenvalue weighted by Gasteiger charge is 2.34. The van der Waals surface area contributed by atoms with Crippen LogP contribution in [-0.4, -0.2) is 37.1 Å². The van der Waals surface area contributed by atoms with Gasteiger partial charge in [-0.3, -0.25) is 14.8 Å².